The molecule has 0 radical (unpaired) electrons. The number of aromatic nitrogens is 1. The molecule has 0 amide bonds. The van der Waals surface area contributed by atoms with Gasteiger partial charge in [0, 0.05) is 30.1 Å². The SMILES string of the molecule is CC(=NCCc1c[nH]c2ccccc12)NC(Cc1ccc(OCCCCC2CCNCC2)cc1)C(=O)O. The Morgan fingerprint density at radius 1 is 1.14 bits per heavy atom. The summed E-state index contributed by atoms with van der Waals surface area (Å²) in [6.45, 7) is 5.45. The quantitative estimate of drug-likeness (QED) is 0.150. The Bertz CT molecular complexity index is 1150. The van der Waals surface area contributed by atoms with E-state index in [1.807, 2.05) is 49.5 Å². The molecule has 1 aliphatic heterocycles. The number of nitrogens with zero attached hydrogens (tertiary/aromatic N) is 1. The zero-order valence-electron chi connectivity index (χ0n) is 21.8. The van der Waals surface area contributed by atoms with Crippen LogP contribution in [0.1, 0.15) is 50.2 Å². The van der Waals surface area contributed by atoms with E-state index in [2.05, 4.69) is 32.7 Å². The van der Waals surface area contributed by atoms with Crippen LogP contribution >= 0.6 is 0 Å². The summed E-state index contributed by atoms with van der Waals surface area (Å²) < 4.78 is 5.90. The molecule has 4 N–H and O–H groups in total. The Balaban J connectivity index is 1.19. The largest absolute Gasteiger partial charge is 0.494 e. The fourth-order valence-corrected chi connectivity index (χ4v) is 5.03. The van der Waals surface area contributed by atoms with Crippen molar-refractivity contribution in [2.24, 2.45) is 10.9 Å². The second kappa shape index (κ2) is 13.8. The summed E-state index contributed by atoms with van der Waals surface area (Å²) in [6.07, 6.45) is 9.34. The van der Waals surface area contributed by atoms with Gasteiger partial charge >= 0.3 is 5.97 Å². The maximum atomic E-state index is 11.9. The first-order chi connectivity index (χ1) is 18.1. The molecule has 1 atom stereocenters. The van der Waals surface area contributed by atoms with Gasteiger partial charge in [0.25, 0.3) is 0 Å². The van der Waals surface area contributed by atoms with Crippen molar-refractivity contribution in [1.29, 1.82) is 0 Å². The summed E-state index contributed by atoms with van der Waals surface area (Å²) >= 11 is 0. The van der Waals surface area contributed by atoms with Crippen LogP contribution in [0.3, 0.4) is 0 Å². The molecule has 2 aromatic carbocycles. The van der Waals surface area contributed by atoms with Crippen molar-refractivity contribution in [3.8, 4) is 5.75 Å². The maximum Gasteiger partial charge on any atom is 0.326 e. The van der Waals surface area contributed by atoms with Crippen LogP contribution < -0.4 is 15.4 Å². The molecule has 1 saturated heterocycles. The first-order valence-electron chi connectivity index (χ1n) is 13.6. The van der Waals surface area contributed by atoms with Crippen molar-refractivity contribution >= 4 is 22.7 Å². The number of rotatable bonds is 13. The smallest absolute Gasteiger partial charge is 0.326 e. The van der Waals surface area contributed by atoms with Gasteiger partial charge in [0.1, 0.15) is 11.8 Å². The Morgan fingerprint density at radius 2 is 1.92 bits per heavy atom. The van der Waals surface area contributed by atoms with E-state index >= 15 is 0 Å². The number of hydrogen-bond acceptors (Lipinski definition) is 4. The molecule has 4 rings (SSSR count). The molecule has 1 fully saturated rings. The molecule has 3 aromatic rings. The van der Waals surface area contributed by atoms with Crippen molar-refractivity contribution in [3.05, 3.63) is 65.9 Å². The Morgan fingerprint density at radius 3 is 2.70 bits per heavy atom. The van der Waals surface area contributed by atoms with E-state index in [4.69, 9.17) is 4.74 Å². The maximum absolute atomic E-state index is 11.9. The van der Waals surface area contributed by atoms with Gasteiger partial charge in [-0.1, -0.05) is 36.8 Å². The number of fused-ring (bicyclic) bond motifs is 1. The van der Waals surface area contributed by atoms with Gasteiger partial charge in [-0.2, -0.15) is 0 Å². The minimum Gasteiger partial charge on any atom is -0.494 e. The van der Waals surface area contributed by atoms with Crippen molar-refractivity contribution in [3.63, 3.8) is 0 Å². The summed E-state index contributed by atoms with van der Waals surface area (Å²) in [7, 11) is 0. The van der Waals surface area contributed by atoms with E-state index in [0.717, 1.165) is 55.3 Å². The van der Waals surface area contributed by atoms with Gasteiger partial charge in [0.05, 0.1) is 12.4 Å². The number of H-pyrrole nitrogens is 1. The van der Waals surface area contributed by atoms with Gasteiger partial charge in [-0.3, -0.25) is 4.99 Å². The van der Waals surface area contributed by atoms with Crippen LogP contribution in [-0.2, 0) is 17.6 Å². The second-order valence-electron chi connectivity index (χ2n) is 10.00. The Hall–Kier alpha value is -3.32. The van der Waals surface area contributed by atoms with Crippen LogP contribution in [-0.4, -0.2) is 54.2 Å². The highest BCUT2D eigenvalue weighted by Crippen LogP contribution is 2.20. The van der Waals surface area contributed by atoms with E-state index in [-0.39, 0.29) is 0 Å². The Labute approximate surface area is 219 Å². The minimum atomic E-state index is -0.889. The molecule has 7 nitrogen and oxygen atoms in total. The zero-order chi connectivity index (χ0) is 25.9. The van der Waals surface area contributed by atoms with E-state index < -0.39 is 12.0 Å². The predicted octanol–water partition coefficient (Wildman–Crippen LogP) is 4.96. The van der Waals surface area contributed by atoms with Gasteiger partial charge in [0.2, 0.25) is 0 Å². The summed E-state index contributed by atoms with van der Waals surface area (Å²) in [5.41, 5.74) is 3.28. The lowest BCUT2D eigenvalue weighted by Crippen LogP contribution is -2.41. The third-order valence-corrected chi connectivity index (χ3v) is 7.18. The lowest BCUT2D eigenvalue weighted by atomic mass is 9.93. The van der Waals surface area contributed by atoms with Crippen molar-refractivity contribution in [2.45, 2.75) is 57.9 Å². The van der Waals surface area contributed by atoms with Gasteiger partial charge < -0.3 is 25.5 Å². The number of hydrogen-bond donors (Lipinski definition) is 4. The third-order valence-electron chi connectivity index (χ3n) is 7.18. The topological polar surface area (TPSA) is 98.7 Å². The normalized spacial score (nSPS) is 15.5. The number of aliphatic carboxylic acids is 1. The van der Waals surface area contributed by atoms with E-state index in [0.29, 0.717) is 18.8 Å². The number of unbranched alkanes of at least 4 members (excludes halogenated alkanes) is 1. The van der Waals surface area contributed by atoms with Gasteiger partial charge in [-0.05, 0) is 87.4 Å². The molecular weight excluding hydrogens is 464 g/mol. The summed E-state index contributed by atoms with van der Waals surface area (Å²) in [5, 5.41) is 17.4. The van der Waals surface area contributed by atoms with Gasteiger partial charge in [-0.15, -0.1) is 0 Å². The first kappa shape index (κ1) is 26.7. The van der Waals surface area contributed by atoms with Crippen LogP contribution in [0.25, 0.3) is 10.9 Å². The fraction of sp³-hybridized carbons (Fsp3) is 0.467. The predicted molar refractivity (Wildman–Crippen MR) is 150 cm³/mol. The minimum absolute atomic E-state index is 0.376. The molecule has 0 aliphatic carbocycles. The number of carbonyl (C=O) groups is 1. The molecule has 7 heteroatoms. The number of para-hydroxylation sites is 1. The molecule has 1 aliphatic rings. The second-order valence-corrected chi connectivity index (χ2v) is 10.00. The highest BCUT2D eigenvalue weighted by Gasteiger charge is 2.18. The number of aromatic amines is 1. The molecule has 0 saturated carbocycles. The molecule has 198 valence electrons. The summed E-state index contributed by atoms with van der Waals surface area (Å²) in [5.74, 6) is 1.45. The third kappa shape index (κ3) is 8.35. The van der Waals surface area contributed by atoms with Crippen molar-refractivity contribution in [2.75, 3.05) is 26.2 Å². The molecule has 0 spiro atoms. The van der Waals surface area contributed by atoms with Crippen LogP contribution in [0.15, 0.2) is 59.7 Å². The number of nitrogens with one attached hydrogen (secondary N) is 3. The molecule has 2 heterocycles. The average Bonchev–Trinajstić information content (AvgIpc) is 3.32. The van der Waals surface area contributed by atoms with Gasteiger partial charge in [0.15, 0.2) is 0 Å². The van der Waals surface area contributed by atoms with E-state index in [9.17, 15) is 9.90 Å². The van der Waals surface area contributed by atoms with Crippen LogP contribution in [0.4, 0.5) is 0 Å². The molecule has 37 heavy (non-hydrogen) atoms. The number of ether oxygens (including phenoxy) is 1. The van der Waals surface area contributed by atoms with Crippen LogP contribution in [0.2, 0.25) is 0 Å². The number of piperidine rings is 1. The average molecular weight is 505 g/mol. The lowest BCUT2D eigenvalue weighted by Gasteiger charge is -2.22. The van der Waals surface area contributed by atoms with E-state index in [1.165, 1.54) is 36.6 Å². The van der Waals surface area contributed by atoms with Crippen molar-refractivity contribution < 1.29 is 14.6 Å². The molecule has 1 unspecified atom stereocenters. The number of benzene rings is 2. The number of aliphatic imine (C=N–C) groups is 1. The van der Waals surface area contributed by atoms with Crippen LogP contribution in [0.5, 0.6) is 5.75 Å². The number of carboxylic acids is 1. The Kier molecular flexibility index (Phi) is 10.0. The monoisotopic (exact) mass is 504 g/mol. The first-order valence-corrected chi connectivity index (χ1v) is 13.6. The standard InChI is InChI=1S/C30H40N4O3/c1-22(32-18-15-25-21-33-28-8-3-2-7-27(25)28)34-29(30(35)36)20-24-9-11-26(12-10-24)37-19-5-4-6-23-13-16-31-17-14-23/h2-3,7-12,21,23,29,31,33H,4-6,13-20H2,1H3,(H,32,34)(H,35,36). The van der Waals surface area contributed by atoms with Crippen molar-refractivity contribution in [1.82, 2.24) is 15.6 Å². The molecule has 0 bridgehead atoms. The van der Waals surface area contributed by atoms with E-state index in [1.54, 1.807) is 0 Å². The summed E-state index contributed by atoms with van der Waals surface area (Å²) in [6, 6.07) is 15.2. The fourth-order valence-electron chi connectivity index (χ4n) is 5.03. The molecular formula is C30H40N4O3. The lowest BCUT2D eigenvalue weighted by molar-refractivity contribution is -0.139. The summed E-state index contributed by atoms with van der Waals surface area (Å²) in [4.78, 5) is 19.7. The molecule has 1 aromatic heterocycles. The highest BCUT2D eigenvalue weighted by molar-refractivity contribution is 5.86. The zero-order valence-corrected chi connectivity index (χ0v) is 21.8. The highest BCUT2D eigenvalue weighted by atomic mass is 16.5. The number of amidine groups is 1. The number of carboxylic acid groups (broad SMARTS) is 1. The van der Waals surface area contributed by atoms with Gasteiger partial charge in [-0.25, -0.2) is 4.79 Å². The van der Waals surface area contributed by atoms with Crippen LogP contribution in [0, 0.1) is 5.92 Å².